The van der Waals surface area contributed by atoms with Gasteiger partial charge in [0.15, 0.2) is 17.6 Å². The standard InChI is InChI=1S/C34H36N2O14.C26H28N2O8/c1-3-29(39)43-13-14-44-30(40)11-12-31(41)48-26-10-7-22(15-24(26)25(38)18-37)17-36-35-16-21-5-8-23(9-6-21)34(42)49-27-19-45-33-28(50-47-4-2)20-46-32(27)33;1-4-24(29)33-14-15-34-25(30)6-5-13-35-36-23-12-11-21(16-22(23)26(31)32-3)18-28-27-17-20-9-7-19(2)8-10-20/h3,5-10,15-17,27-28,32-33,37H,1,4,11-14,18-20H2,2H3;4,7-12,16-18H,1,5-6,13-15H2,2-3H3/b35-16+,36-17+;27-17+,28-18+/t27?,28-,32?,33?;/m1./s1. The number of carbonyl (C=O) groups is 8. The van der Waals surface area contributed by atoms with Gasteiger partial charge in [-0.3, -0.25) is 19.2 Å². The third kappa shape index (κ3) is 23.3. The monoisotopic (exact) mass is 1190 g/mol. The summed E-state index contributed by atoms with van der Waals surface area (Å²) in [4.78, 5) is 116. The van der Waals surface area contributed by atoms with Crippen molar-refractivity contribution in [2.24, 2.45) is 20.4 Å². The zero-order valence-electron chi connectivity index (χ0n) is 47.3. The van der Waals surface area contributed by atoms with Gasteiger partial charge < -0.3 is 52.6 Å². The van der Waals surface area contributed by atoms with Crippen molar-refractivity contribution >= 4 is 72.4 Å². The van der Waals surface area contributed by atoms with Crippen molar-refractivity contribution in [3.05, 3.63) is 155 Å². The van der Waals surface area contributed by atoms with E-state index in [1.54, 1.807) is 43.5 Å². The number of aryl methyl sites for hydroxylation is 1. The summed E-state index contributed by atoms with van der Waals surface area (Å²) in [6.07, 6.45) is 5.79. The molecule has 456 valence electrons. The maximum Gasteiger partial charge on any atom is 0.341 e. The van der Waals surface area contributed by atoms with Crippen molar-refractivity contribution < 1.29 is 106 Å². The lowest BCUT2D eigenvalue weighted by molar-refractivity contribution is -0.330. The van der Waals surface area contributed by atoms with Crippen LogP contribution in [-0.2, 0) is 76.5 Å². The van der Waals surface area contributed by atoms with Crippen molar-refractivity contribution in [2.45, 2.75) is 63.9 Å². The molecule has 0 aliphatic carbocycles. The molecule has 6 rings (SSSR count). The van der Waals surface area contributed by atoms with Gasteiger partial charge in [-0.25, -0.2) is 29.0 Å². The summed E-state index contributed by atoms with van der Waals surface area (Å²) in [6, 6.07) is 23.3. The first-order valence-electron chi connectivity index (χ1n) is 26.6. The number of esters is 7. The van der Waals surface area contributed by atoms with Crippen LogP contribution in [0.15, 0.2) is 131 Å². The number of methoxy groups -OCH3 is 1. The quantitative estimate of drug-likeness (QED) is 0.00723. The minimum absolute atomic E-state index is 0.0493. The van der Waals surface area contributed by atoms with Gasteiger partial charge in [-0.15, -0.1) is 0 Å². The van der Waals surface area contributed by atoms with Gasteiger partial charge in [0.05, 0.1) is 82.4 Å². The molecule has 2 aliphatic rings. The van der Waals surface area contributed by atoms with Crippen molar-refractivity contribution in [1.82, 2.24) is 0 Å². The number of aliphatic hydroxyl groups is 1. The number of ether oxygens (including phenoxy) is 9. The van der Waals surface area contributed by atoms with Crippen LogP contribution in [0.2, 0.25) is 0 Å². The molecule has 2 heterocycles. The van der Waals surface area contributed by atoms with E-state index in [1.165, 1.54) is 56.1 Å². The van der Waals surface area contributed by atoms with Crippen molar-refractivity contribution in [1.29, 1.82) is 0 Å². The highest BCUT2D eigenvalue weighted by atomic mass is 17.2. The molecule has 0 spiro atoms. The summed E-state index contributed by atoms with van der Waals surface area (Å²) in [5.41, 5.74) is 4.09. The normalized spacial score (nSPS) is 16.0. The van der Waals surface area contributed by atoms with Gasteiger partial charge in [-0.1, -0.05) is 55.1 Å². The molecular weight excluding hydrogens is 1130 g/mol. The highest BCUT2D eigenvalue weighted by molar-refractivity contribution is 6.02. The second-order valence-electron chi connectivity index (χ2n) is 17.8. The highest BCUT2D eigenvalue weighted by Gasteiger charge is 2.50. The molecule has 26 heteroatoms. The Bertz CT molecular complexity index is 3090. The van der Waals surface area contributed by atoms with E-state index in [9.17, 15) is 43.5 Å². The number of hydrogen-bond acceptors (Lipinski definition) is 26. The molecule has 2 fully saturated rings. The fraction of sp³-hybridized carbons (Fsp3) is 0.333. The second kappa shape index (κ2) is 37.0. The SMILES string of the molecule is C=CC(=O)OCCOC(=O)CCC(=O)Oc1ccc(/C=N/N=C/c2ccc(C(=O)OC3COC4C3OC[C@H]4OOCC)cc2)cc1C(=O)CO.C=CC(=O)OCCOC(=O)CCCOOc1ccc(/C=N/N=C/c2ccc(C)cc2)cc1C(=O)OC. The van der Waals surface area contributed by atoms with Gasteiger partial charge in [0, 0.05) is 18.6 Å². The second-order valence-corrected chi connectivity index (χ2v) is 17.8. The Labute approximate surface area is 493 Å². The van der Waals surface area contributed by atoms with Crippen LogP contribution < -0.4 is 9.62 Å². The lowest BCUT2D eigenvalue weighted by Crippen LogP contribution is -2.35. The third-order valence-corrected chi connectivity index (χ3v) is 11.6. The fourth-order valence-electron chi connectivity index (χ4n) is 7.34. The Morgan fingerprint density at radius 3 is 1.65 bits per heavy atom. The van der Waals surface area contributed by atoms with E-state index < -0.39 is 72.5 Å². The van der Waals surface area contributed by atoms with Gasteiger partial charge in [0.1, 0.15) is 62.7 Å². The van der Waals surface area contributed by atoms with Crippen molar-refractivity contribution in [3.8, 4) is 11.5 Å². The van der Waals surface area contributed by atoms with Gasteiger partial charge in [0.25, 0.3) is 0 Å². The van der Waals surface area contributed by atoms with Crippen molar-refractivity contribution in [3.63, 3.8) is 0 Å². The topological polar surface area (TPSA) is 326 Å². The molecule has 0 bridgehead atoms. The zero-order valence-corrected chi connectivity index (χ0v) is 47.3. The molecule has 2 saturated heterocycles. The Balaban J connectivity index is 0.000000332. The number of rotatable bonds is 32. The highest BCUT2D eigenvalue weighted by Crippen LogP contribution is 2.31. The van der Waals surface area contributed by atoms with Crippen molar-refractivity contribution in [2.75, 3.05) is 66.6 Å². The van der Waals surface area contributed by atoms with Crippen LogP contribution in [0, 0.1) is 6.92 Å². The first-order valence-corrected chi connectivity index (χ1v) is 26.6. The largest absolute Gasteiger partial charge is 0.465 e. The molecule has 2 aliphatic heterocycles. The number of benzene rings is 4. The fourth-order valence-corrected chi connectivity index (χ4v) is 7.34. The van der Waals surface area contributed by atoms with Crippen LogP contribution in [0.4, 0.5) is 0 Å². The molecule has 0 saturated carbocycles. The predicted molar refractivity (Wildman–Crippen MR) is 304 cm³/mol. The lowest BCUT2D eigenvalue weighted by atomic mass is 10.1. The third-order valence-electron chi connectivity index (χ3n) is 11.6. The maximum absolute atomic E-state index is 12.7. The molecule has 0 aromatic heterocycles. The van der Waals surface area contributed by atoms with E-state index in [4.69, 9.17) is 57.4 Å². The van der Waals surface area contributed by atoms with E-state index in [0.717, 1.165) is 23.3 Å². The number of nitrogens with zero attached hydrogens (tertiary/aromatic N) is 4. The molecule has 4 aromatic rings. The number of hydrogen-bond donors (Lipinski definition) is 1. The molecule has 4 atom stereocenters. The van der Waals surface area contributed by atoms with Gasteiger partial charge >= 0.3 is 41.8 Å². The summed E-state index contributed by atoms with van der Waals surface area (Å²) >= 11 is 0. The molecular formula is C60H64N4O22. The van der Waals surface area contributed by atoms with Gasteiger partial charge in [-0.2, -0.15) is 25.3 Å². The van der Waals surface area contributed by atoms with E-state index in [1.807, 2.05) is 31.2 Å². The minimum Gasteiger partial charge on any atom is -0.465 e. The van der Waals surface area contributed by atoms with E-state index in [0.29, 0.717) is 35.3 Å². The summed E-state index contributed by atoms with van der Waals surface area (Å²) in [7, 11) is 1.25. The van der Waals surface area contributed by atoms with Crippen LogP contribution in [0.1, 0.15) is 91.5 Å². The maximum atomic E-state index is 12.7. The van der Waals surface area contributed by atoms with Gasteiger partial charge in [0.2, 0.25) is 0 Å². The van der Waals surface area contributed by atoms with Gasteiger partial charge in [-0.05, 0) is 91.1 Å². The lowest BCUT2D eigenvalue weighted by Gasteiger charge is -2.17. The number of ketones is 1. The first kappa shape index (κ1) is 67.4. The summed E-state index contributed by atoms with van der Waals surface area (Å²) in [5.74, 6) is -5.10. The molecule has 86 heavy (non-hydrogen) atoms. The Morgan fingerprint density at radius 2 is 1.08 bits per heavy atom. The molecule has 3 unspecified atom stereocenters. The predicted octanol–water partition coefficient (Wildman–Crippen LogP) is 5.53. The van der Waals surface area contributed by atoms with Crippen LogP contribution >= 0.6 is 0 Å². The minimum atomic E-state index is -0.844. The number of aliphatic hydroxyl groups excluding tert-OH is 1. The van der Waals surface area contributed by atoms with Crippen LogP contribution in [-0.4, -0.2) is 169 Å². The molecule has 26 nitrogen and oxygen atoms in total. The summed E-state index contributed by atoms with van der Waals surface area (Å²) in [5, 5.41) is 25.4. The Morgan fingerprint density at radius 1 is 0.581 bits per heavy atom. The molecule has 4 aromatic carbocycles. The zero-order chi connectivity index (χ0) is 62.1. The van der Waals surface area contributed by atoms with Crippen LogP contribution in [0.5, 0.6) is 11.5 Å². The summed E-state index contributed by atoms with van der Waals surface area (Å²) in [6.45, 7) is 9.90. The van der Waals surface area contributed by atoms with Crippen LogP contribution in [0.3, 0.4) is 0 Å². The number of carbonyl (C=O) groups excluding carboxylic acids is 8. The molecule has 0 radical (unpaired) electrons. The van der Waals surface area contributed by atoms with Crippen LogP contribution in [0.25, 0.3) is 0 Å². The number of Topliss-reactive ketones (excluding diaryl/α,β-unsaturated/α-hetero) is 1. The molecule has 1 N–H and O–H groups in total. The average molecular weight is 1190 g/mol. The molecule has 0 amide bonds. The average Bonchev–Trinajstić information content (AvgIpc) is 4.00. The summed E-state index contributed by atoms with van der Waals surface area (Å²) < 4.78 is 46.2. The first-order chi connectivity index (χ1) is 41.6. The van der Waals surface area contributed by atoms with E-state index >= 15 is 0 Å². The Kier molecular flexibility index (Phi) is 29.0. The smallest absolute Gasteiger partial charge is 0.341 e. The Hall–Kier alpha value is -9.44. The van der Waals surface area contributed by atoms with E-state index in [-0.39, 0.29) is 94.2 Å². The van der Waals surface area contributed by atoms with E-state index in [2.05, 4.69) is 38.3 Å². The number of fused-ring (bicyclic) bond motifs is 1.